The molecule has 22 heavy (non-hydrogen) atoms. The van der Waals surface area contributed by atoms with Crippen LogP contribution in [0.3, 0.4) is 0 Å². The van der Waals surface area contributed by atoms with E-state index in [0.717, 1.165) is 16.8 Å². The molecule has 2 rings (SSSR count). The molecule has 2 aromatic carbocycles. The van der Waals surface area contributed by atoms with Gasteiger partial charge in [-0.3, -0.25) is 14.9 Å². The molecule has 0 aromatic heterocycles. The summed E-state index contributed by atoms with van der Waals surface area (Å²) in [6.45, 7) is 5.59. The Morgan fingerprint density at radius 3 is 2.18 bits per heavy atom. The number of benzene rings is 2. The minimum absolute atomic E-state index is 0.0116. The van der Waals surface area contributed by atoms with E-state index in [1.807, 2.05) is 26.0 Å². The van der Waals surface area contributed by atoms with Gasteiger partial charge in [-0.2, -0.15) is 0 Å². The molecule has 0 atom stereocenters. The van der Waals surface area contributed by atoms with E-state index in [0.29, 0.717) is 11.1 Å². The number of nitro benzene ring substituents is 1. The van der Waals surface area contributed by atoms with Crippen LogP contribution in [0.4, 0.5) is 11.4 Å². The molecule has 0 saturated heterocycles. The second-order valence-corrected chi connectivity index (χ2v) is 6.22. The summed E-state index contributed by atoms with van der Waals surface area (Å²) >= 11 is 2.27. The number of anilines is 1. The zero-order valence-corrected chi connectivity index (χ0v) is 14.6. The fourth-order valence-electron chi connectivity index (χ4n) is 2.22. The second-order valence-electron chi connectivity index (χ2n) is 5.14. The normalized spacial score (nSPS) is 10.4. The van der Waals surface area contributed by atoms with Crippen LogP contribution in [0.25, 0.3) is 0 Å². The van der Waals surface area contributed by atoms with Crippen LogP contribution in [0, 0.1) is 34.5 Å². The number of hydrogen-bond donors (Lipinski definition) is 1. The Kier molecular flexibility index (Phi) is 4.80. The number of halogens is 1. The lowest BCUT2D eigenvalue weighted by molar-refractivity contribution is -0.385. The molecule has 1 N–H and O–H groups in total. The van der Waals surface area contributed by atoms with Crippen LogP contribution in [-0.2, 0) is 0 Å². The Balaban J connectivity index is 2.26. The van der Waals surface area contributed by atoms with Gasteiger partial charge in [0.15, 0.2) is 0 Å². The van der Waals surface area contributed by atoms with Crippen LogP contribution in [0.2, 0.25) is 0 Å². The Morgan fingerprint density at radius 2 is 1.68 bits per heavy atom. The third-order valence-corrected chi connectivity index (χ3v) is 5.05. The highest BCUT2D eigenvalue weighted by atomic mass is 127. The zero-order chi connectivity index (χ0) is 16.4. The molecule has 1 amide bonds. The van der Waals surface area contributed by atoms with Crippen molar-refractivity contribution in [1.29, 1.82) is 0 Å². The van der Waals surface area contributed by atoms with Crippen molar-refractivity contribution in [2.75, 3.05) is 5.32 Å². The van der Waals surface area contributed by atoms with Crippen molar-refractivity contribution >= 4 is 39.9 Å². The van der Waals surface area contributed by atoms with Gasteiger partial charge in [0.05, 0.1) is 4.92 Å². The van der Waals surface area contributed by atoms with E-state index < -0.39 is 4.92 Å². The van der Waals surface area contributed by atoms with Crippen molar-refractivity contribution in [2.24, 2.45) is 0 Å². The van der Waals surface area contributed by atoms with E-state index in [2.05, 4.69) is 27.9 Å². The third-order valence-electron chi connectivity index (χ3n) is 3.35. The molecule has 0 radical (unpaired) electrons. The van der Waals surface area contributed by atoms with Gasteiger partial charge in [-0.1, -0.05) is 0 Å². The fourth-order valence-corrected chi connectivity index (χ4v) is 2.53. The molecule has 114 valence electrons. The molecule has 0 unspecified atom stereocenters. The minimum Gasteiger partial charge on any atom is -0.322 e. The summed E-state index contributed by atoms with van der Waals surface area (Å²) in [5.74, 6) is -0.280. The zero-order valence-electron chi connectivity index (χ0n) is 12.4. The van der Waals surface area contributed by atoms with Crippen molar-refractivity contribution in [3.63, 3.8) is 0 Å². The quantitative estimate of drug-likeness (QED) is 0.464. The summed E-state index contributed by atoms with van der Waals surface area (Å²) in [6, 6.07) is 8.16. The van der Waals surface area contributed by atoms with Gasteiger partial charge in [-0.25, -0.2) is 0 Å². The number of nitro groups is 1. The van der Waals surface area contributed by atoms with E-state index in [4.69, 9.17) is 0 Å². The second kappa shape index (κ2) is 6.43. The third kappa shape index (κ3) is 3.44. The van der Waals surface area contributed by atoms with Crippen LogP contribution in [0.1, 0.15) is 27.0 Å². The van der Waals surface area contributed by atoms with E-state index in [-0.39, 0.29) is 11.6 Å². The Morgan fingerprint density at radius 1 is 1.09 bits per heavy atom. The lowest BCUT2D eigenvalue weighted by Crippen LogP contribution is -2.12. The van der Waals surface area contributed by atoms with Crippen LogP contribution in [0.15, 0.2) is 30.3 Å². The van der Waals surface area contributed by atoms with Gasteiger partial charge in [0, 0.05) is 26.5 Å². The summed E-state index contributed by atoms with van der Waals surface area (Å²) in [7, 11) is 0. The molecule has 0 fully saturated rings. The van der Waals surface area contributed by atoms with Crippen LogP contribution < -0.4 is 5.32 Å². The first-order valence-electron chi connectivity index (χ1n) is 6.62. The van der Waals surface area contributed by atoms with E-state index >= 15 is 0 Å². The van der Waals surface area contributed by atoms with Gasteiger partial charge in [0.1, 0.15) is 0 Å². The monoisotopic (exact) mass is 410 g/mol. The Labute approximate surface area is 142 Å². The van der Waals surface area contributed by atoms with Gasteiger partial charge in [-0.05, 0) is 78.8 Å². The molecule has 6 heteroatoms. The van der Waals surface area contributed by atoms with Gasteiger partial charge in [-0.15, -0.1) is 0 Å². The highest BCUT2D eigenvalue weighted by Gasteiger charge is 2.14. The highest BCUT2D eigenvalue weighted by Crippen LogP contribution is 2.23. The summed E-state index contributed by atoms with van der Waals surface area (Å²) in [6.07, 6.45) is 0. The van der Waals surface area contributed by atoms with Crippen molar-refractivity contribution in [1.82, 2.24) is 0 Å². The predicted molar refractivity (Wildman–Crippen MR) is 94.4 cm³/mol. The van der Waals surface area contributed by atoms with Crippen molar-refractivity contribution in [3.05, 3.63) is 66.3 Å². The highest BCUT2D eigenvalue weighted by molar-refractivity contribution is 14.1. The fraction of sp³-hybridized carbons (Fsp3) is 0.188. The van der Waals surface area contributed by atoms with Crippen molar-refractivity contribution in [3.8, 4) is 0 Å². The minimum atomic E-state index is -0.455. The molecule has 0 aliphatic heterocycles. The average molecular weight is 410 g/mol. The number of aryl methyl sites for hydroxylation is 3. The number of carbonyl (C=O) groups excluding carboxylic acids is 1. The van der Waals surface area contributed by atoms with Crippen LogP contribution >= 0.6 is 22.6 Å². The largest absolute Gasteiger partial charge is 0.322 e. The maximum absolute atomic E-state index is 12.3. The molecule has 0 saturated carbocycles. The van der Waals surface area contributed by atoms with Crippen molar-refractivity contribution in [2.45, 2.75) is 20.8 Å². The molecule has 0 aliphatic carbocycles. The number of amides is 1. The van der Waals surface area contributed by atoms with Gasteiger partial charge >= 0.3 is 0 Å². The number of nitrogens with one attached hydrogen (secondary N) is 1. The van der Waals surface area contributed by atoms with Crippen LogP contribution in [0.5, 0.6) is 0 Å². The summed E-state index contributed by atoms with van der Waals surface area (Å²) in [5, 5.41) is 13.6. The van der Waals surface area contributed by atoms with E-state index in [1.165, 1.54) is 21.8 Å². The lowest BCUT2D eigenvalue weighted by atomic mass is 10.1. The average Bonchev–Trinajstić information content (AvgIpc) is 2.44. The summed E-state index contributed by atoms with van der Waals surface area (Å²) < 4.78 is 1.17. The summed E-state index contributed by atoms with van der Waals surface area (Å²) in [4.78, 5) is 22.6. The lowest BCUT2D eigenvalue weighted by Gasteiger charge is -2.10. The molecular weight excluding hydrogens is 395 g/mol. The standard InChI is InChI=1S/C16H15IN2O3/c1-9-6-12(4-5-14(9)19(21)22)16(20)18-13-7-10(2)15(17)11(3)8-13/h4-8H,1-3H3,(H,18,20). The first kappa shape index (κ1) is 16.4. The molecule has 0 bridgehead atoms. The van der Waals surface area contributed by atoms with Gasteiger partial charge in [0.25, 0.3) is 11.6 Å². The first-order valence-corrected chi connectivity index (χ1v) is 7.70. The molecule has 0 aliphatic rings. The molecule has 0 spiro atoms. The maximum Gasteiger partial charge on any atom is 0.272 e. The number of rotatable bonds is 3. The van der Waals surface area contributed by atoms with Gasteiger partial charge in [0.2, 0.25) is 0 Å². The number of nitrogens with zero attached hydrogens (tertiary/aromatic N) is 1. The molecule has 0 heterocycles. The van der Waals surface area contributed by atoms with Gasteiger partial charge < -0.3 is 5.32 Å². The molecule has 5 nitrogen and oxygen atoms in total. The summed E-state index contributed by atoms with van der Waals surface area (Å²) in [5.41, 5.74) is 3.78. The first-order chi connectivity index (χ1) is 10.3. The molecule has 2 aromatic rings. The van der Waals surface area contributed by atoms with E-state index in [9.17, 15) is 14.9 Å². The SMILES string of the molecule is Cc1cc(C(=O)Nc2cc(C)c(I)c(C)c2)ccc1[N+](=O)[O-]. The Hall–Kier alpha value is -1.96. The topological polar surface area (TPSA) is 72.2 Å². The predicted octanol–water partition coefficient (Wildman–Crippen LogP) is 4.38. The smallest absolute Gasteiger partial charge is 0.272 e. The number of carbonyl (C=O) groups is 1. The molecular formula is C16H15IN2O3. The van der Waals surface area contributed by atoms with Crippen LogP contribution in [-0.4, -0.2) is 10.8 Å². The number of hydrogen-bond acceptors (Lipinski definition) is 3. The van der Waals surface area contributed by atoms with E-state index in [1.54, 1.807) is 6.92 Å². The maximum atomic E-state index is 12.3. The Bertz CT molecular complexity index is 749. The van der Waals surface area contributed by atoms with Crippen molar-refractivity contribution < 1.29 is 9.72 Å².